The third-order valence-electron chi connectivity index (χ3n) is 3.00. The lowest BCUT2D eigenvalue weighted by molar-refractivity contribution is -0.117. The summed E-state index contributed by atoms with van der Waals surface area (Å²) in [6.07, 6.45) is 3.53. The van der Waals surface area contributed by atoms with Crippen LogP contribution in [0.2, 0.25) is 0 Å². The Hall–Kier alpha value is -1.89. The predicted octanol–water partition coefficient (Wildman–Crippen LogP) is 1.27. The van der Waals surface area contributed by atoms with E-state index >= 15 is 0 Å². The Kier molecular flexibility index (Phi) is 6.87. The quantitative estimate of drug-likeness (QED) is 0.731. The Morgan fingerprint density at radius 2 is 2.14 bits per heavy atom. The number of esters is 1. The van der Waals surface area contributed by atoms with Gasteiger partial charge >= 0.3 is 5.97 Å². The van der Waals surface area contributed by atoms with Crippen molar-refractivity contribution in [3.63, 3.8) is 0 Å². The molecule has 1 rings (SSSR count). The number of unbranched alkanes of at least 4 members (excludes halogenated alkanes) is 1. The van der Waals surface area contributed by atoms with Gasteiger partial charge in [-0.3, -0.25) is 14.4 Å². The molecule has 7 heteroatoms. The van der Waals surface area contributed by atoms with Gasteiger partial charge in [-0.15, -0.1) is 0 Å². The Bertz CT molecular complexity index is 485. The van der Waals surface area contributed by atoms with Crippen LogP contribution in [0.1, 0.15) is 37.0 Å². The Labute approximate surface area is 125 Å². The first-order valence-corrected chi connectivity index (χ1v) is 7.17. The minimum Gasteiger partial charge on any atom is -0.462 e. The van der Waals surface area contributed by atoms with E-state index in [1.165, 1.54) is 10.9 Å². The number of amides is 1. The van der Waals surface area contributed by atoms with Gasteiger partial charge in [0.1, 0.15) is 11.4 Å². The number of carbonyl (C=O) groups excluding carboxylic acids is 2. The predicted molar refractivity (Wildman–Crippen MR) is 80.2 cm³/mol. The highest BCUT2D eigenvalue weighted by molar-refractivity contribution is 6.00. The maximum Gasteiger partial charge on any atom is 0.343 e. The lowest BCUT2D eigenvalue weighted by Gasteiger charge is -2.16. The van der Waals surface area contributed by atoms with E-state index in [2.05, 4.69) is 17.3 Å². The van der Waals surface area contributed by atoms with Crippen molar-refractivity contribution in [2.24, 2.45) is 7.05 Å². The standard InChI is InChI=1S/C14H24N4O3/c1-5-7-8-17(3)10-12(19)16-13-11(9-15-18(13)4)14(20)21-6-2/h9H,5-8,10H2,1-4H3,(H,16,19). The Balaban J connectivity index is 2.67. The number of rotatable bonds is 8. The smallest absolute Gasteiger partial charge is 0.343 e. The second kappa shape index (κ2) is 8.41. The molecule has 1 heterocycles. The van der Waals surface area contributed by atoms with Gasteiger partial charge in [0.2, 0.25) is 5.91 Å². The summed E-state index contributed by atoms with van der Waals surface area (Å²) in [5.41, 5.74) is 0.268. The lowest BCUT2D eigenvalue weighted by atomic mass is 10.3. The van der Waals surface area contributed by atoms with Gasteiger partial charge in [-0.1, -0.05) is 13.3 Å². The molecule has 0 aliphatic heterocycles. The van der Waals surface area contributed by atoms with Crippen molar-refractivity contribution in [1.29, 1.82) is 0 Å². The van der Waals surface area contributed by atoms with E-state index in [0.717, 1.165) is 19.4 Å². The third kappa shape index (κ3) is 5.18. The van der Waals surface area contributed by atoms with Gasteiger partial charge in [-0.2, -0.15) is 5.10 Å². The summed E-state index contributed by atoms with van der Waals surface area (Å²) in [6, 6.07) is 0. The van der Waals surface area contributed by atoms with E-state index in [0.29, 0.717) is 5.82 Å². The highest BCUT2D eigenvalue weighted by atomic mass is 16.5. The molecule has 0 aliphatic rings. The van der Waals surface area contributed by atoms with E-state index in [1.54, 1.807) is 14.0 Å². The van der Waals surface area contributed by atoms with Crippen LogP contribution in [0, 0.1) is 0 Å². The van der Waals surface area contributed by atoms with Gasteiger partial charge < -0.3 is 10.1 Å². The maximum atomic E-state index is 12.0. The molecule has 0 bridgehead atoms. The first kappa shape index (κ1) is 17.2. The van der Waals surface area contributed by atoms with Crippen molar-refractivity contribution >= 4 is 17.7 Å². The molecule has 21 heavy (non-hydrogen) atoms. The Morgan fingerprint density at radius 1 is 1.43 bits per heavy atom. The largest absolute Gasteiger partial charge is 0.462 e. The van der Waals surface area contributed by atoms with Crippen molar-refractivity contribution in [3.8, 4) is 0 Å². The number of ether oxygens (including phenoxy) is 1. The molecule has 0 aromatic carbocycles. The number of carbonyl (C=O) groups is 2. The number of aryl methyl sites for hydroxylation is 1. The van der Waals surface area contributed by atoms with Crippen LogP contribution in [0.5, 0.6) is 0 Å². The number of hydrogen-bond donors (Lipinski definition) is 1. The number of nitrogens with one attached hydrogen (secondary N) is 1. The fourth-order valence-corrected chi connectivity index (χ4v) is 1.87. The molecule has 0 saturated heterocycles. The fraction of sp³-hybridized carbons (Fsp3) is 0.643. The van der Waals surface area contributed by atoms with E-state index in [1.807, 2.05) is 11.9 Å². The van der Waals surface area contributed by atoms with E-state index in [-0.39, 0.29) is 24.6 Å². The van der Waals surface area contributed by atoms with Crippen LogP contribution in [0.25, 0.3) is 0 Å². The summed E-state index contributed by atoms with van der Waals surface area (Å²) in [7, 11) is 3.56. The minimum absolute atomic E-state index is 0.178. The number of aromatic nitrogens is 2. The molecule has 1 aromatic heterocycles. The van der Waals surface area contributed by atoms with Crippen LogP contribution in [0.4, 0.5) is 5.82 Å². The molecule has 0 fully saturated rings. The van der Waals surface area contributed by atoms with Crippen LogP contribution in [0.3, 0.4) is 0 Å². The summed E-state index contributed by atoms with van der Waals surface area (Å²) >= 11 is 0. The molecule has 0 saturated carbocycles. The number of hydrogen-bond acceptors (Lipinski definition) is 5. The van der Waals surface area contributed by atoms with Crippen molar-refractivity contribution in [1.82, 2.24) is 14.7 Å². The Morgan fingerprint density at radius 3 is 2.76 bits per heavy atom. The third-order valence-corrected chi connectivity index (χ3v) is 3.00. The molecule has 0 unspecified atom stereocenters. The van der Waals surface area contributed by atoms with Crippen LogP contribution >= 0.6 is 0 Å². The van der Waals surface area contributed by atoms with Crippen LogP contribution in [-0.4, -0.2) is 53.3 Å². The van der Waals surface area contributed by atoms with Gasteiger partial charge in [0.05, 0.1) is 19.3 Å². The normalized spacial score (nSPS) is 10.7. The van der Waals surface area contributed by atoms with Gasteiger partial charge in [0.25, 0.3) is 0 Å². The van der Waals surface area contributed by atoms with Gasteiger partial charge in [-0.25, -0.2) is 4.79 Å². The monoisotopic (exact) mass is 296 g/mol. The second-order valence-electron chi connectivity index (χ2n) is 4.89. The number of likely N-dealkylation sites (N-methyl/N-ethyl adjacent to an activating group) is 1. The highest BCUT2D eigenvalue weighted by Gasteiger charge is 2.19. The summed E-state index contributed by atoms with van der Waals surface area (Å²) < 4.78 is 6.40. The van der Waals surface area contributed by atoms with E-state index in [4.69, 9.17) is 4.74 Å². The molecule has 1 aromatic rings. The first-order valence-electron chi connectivity index (χ1n) is 7.17. The zero-order valence-electron chi connectivity index (χ0n) is 13.2. The highest BCUT2D eigenvalue weighted by Crippen LogP contribution is 2.15. The van der Waals surface area contributed by atoms with Gasteiger partial charge in [0, 0.05) is 7.05 Å². The van der Waals surface area contributed by atoms with Crippen LogP contribution in [0.15, 0.2) is 6.20 Å². The molecule has 0 aliphatic carbocycles. The SMILES string of the molecule is CCCCN(C)CC(=O)Nc1c(C(=O)OCC)cnn1C. The van der Waals surface area contributed by atoms with E-state index < -0.39 is 5.97 Å². The molecule has 7 nitrogen and oxygen atoms in total. The van der Waals surface area contributed by atoms with Crippen LogP contribution < -0.4 is 5.32 Å². The van der Waals surface area contributed by atoms with E-state index in [9.17, 15) is 9.59 Å². The van der Waals surface area contributed by atoms with Crippen molar-refractivity contribution in [3.05, 3.63) is 11.8 Å². The lowest BCUT2D eigenvalue weighted by Crippen LogP contribution is -2.31. The average molecular weight is 296 g/mol. The van der Waals surface area contributed by atoms with Crippen molar-refractivity contribution < 1.29 is 14.3 Å². The first-order chi connectivity index (χ1) is 9.99. The maximum absolute atomic E-state index is 12.0. The average Bonchev–Trinajstić information content (AvgIpc) is 2.78. The zero-order chi connectivity index (χ0) is 15.8. The topological polar surface area (TPSA) is 76.5 Å². The molecule has 0 spiro atoms. The van der Waals surface area contributed by atoms with Gasteiger partial charge in [0.15, 0.2) is 0 Å². The summed E-state index contributed by atoms with van der Waals surface area (Å²) in [5.74, 6) is -0.301. The zero-order valence-corrected chi connectivity index (χ0v) is 13.2. The summed E-state index contributed by atoms with van der Waals surface area (Å²) in [6.45, 7) is 5.25. The molecular weight excluding hydrogens is 272 g/mol. The van der Waals surface area contributed by atoms with Crippen molar-refractivity contribution in [2.75, 3.05) is 32.1 Å². The van der Waals surface area contributed by atoms with Crippen molar-refractivity contribution in [2.45, 2.75) is 26.7 Å². The second-order valence-corrected chi connectivity index (χ2v) is 4.89. The summed E-state index contributed by atoms with van der Waals surface area (Å²) in [5, 5.41) is 6.71. The fourth-order valence-electron chi connectivity index (χ4n) is 1.87. The molecule has 118 valence electrons. The molecule has 1 N–H and O–H groups in total. The minimum atomic E-state index is -0.486. The summed E-state index contributed by atoms with van der Waals surface area (Å²) in [4.78, 5) is 25.8. The van der Waals surface area contributed by atoms with Crippen LogP contribution in [-0.2, 0) is 16.6 Å². The molecular formula is C14H24N4O3. The van der Waals surface area contributed by atoms with Gasteiger partial charge in [-0.05, 0) is 26.9 Å². The molecule has 0 atom stereocenters. The number of anilines is 1. The molecule has 1 amide bonds. The number of nitrogens with zero attached hydrogens (tertiary/aromatic N) is 3. The molecule has 0 radical (unpaired) electrons.